The number of likely N-dealkylation sites (N-methyl/N-ethyl adjacent to an activating group) is 1. The fraction of sp³-hybridized carbons (Fsp3) is 0.571. The molecule has 116 valence electrons. The first-order valence-corrected chi connectivity index (χ1v) is 7.87. The summed E-state index contributed by atoms with van der Waals surface area (Å²) in [6, 6.07) is 5.13. The Morgan fingerprint density at radius 3 is 3.10 bits per heavy atom. The molecule has 0 aliphatic carbocycles. The molecule has 1 aliphatic heterocycles. The minimum Gasteiger partial charge on any atom is -0.374 e. The summed E-state index contributed by atoms with van der Waals surface area (Å²) >= 11 is 3.26. The average Bonchev–Trinajstić information content (AvgIpc) is 2.48. The quantitative estimate of drug-likeness (QED) is 0.624. The van der Waals surface area contributed by atoms with Crippen molar-refractivity contribution in [3.8, 4) is 0 Å². The van der Waals surface area contributed by atoms with E-state index in [1.165, 1.54) is 6.07 Å². The summed E-state index contributed by atoms with van der Waals surface area (Å²) < 4.78 is 6.41. The minimum atomic E-state index is -0.350. The first kappa shape index (κ1) is 16.4. The van der Waals surface area contributed by atoms with E-state index in [0.29, 0.717) is 23.1 Å². The van der Waals surface area contributed by atoms with E-state index in [2.05, 4.69) is 33.1 Å². The highest BCUT2D eigenvalue weighted by Gasteiger charge is 2.19. The van der Waals surface area contributed by atoms with Crippen molar-refractivity contribution in [2.75, 3.05) is 32.8 Å². The van der Waals surface area contributed by atoms with Crippen LogP contribution in [0.4, 0.5) is 5.69 Å². The number of benzene rings is 1. The topological polar surface area (TPSA) is 67.6 Å². The van der Waals surface area contributed by atoms with Crippen LogP contribution in [0.5, 0.6) is 0 Å². The number of nitro benzene ring substituents is 1. The Labute approximate surface area is 132 Å². The van der Waals surface area contributed by atoms with E-state index in [4.69, 9.17) is 4.74 Å². The molecule has 0 aromatic heterocycles. The summed E-state index contributed by atoms with van der Waals surface area (Å²) in [5.74, 6) is 0. The van der Waals surface area contributed by atoms with Crippen molar-refractivity contribution in [3.63, 3.8) is 0 Å². The number of hydrogen-bond donors (Lipinski definition) is 1. The van der Waals surface area contributed by atoms with Crippen molar-refractivity contribution in [1.29, 1.82) is 0 Å². The predicted octanol–water partition coefficient (Wildman–Crippen LogP) is 2.17. The van der Waals surface area contributed by atoms with Gasteiger partial charge < -0.3 is 10.1 Å². The summed E-state index contributed by atoms with van der Waals surface area (Å²) in [6.07, 6.45) is 0.146. The Morgan fingerprint density at radius 2 is 2.38 bits per heavy atom. The molecule has 0 spiro atoms. The Bertz CT molecular complexity index is 498. The Kier molecular flexibility index (Phi) is 6.10. The number of ether oxygens (including phenoxy) is 1. The van der Waals surface area contributed by atoms with E-state index in [0.717, 1.165) is 26.2 Å². The predicted molar refractivity (Wildman–Crippen MR) is 84.4 cm³/mol. The van der Waals surface area contributed by atoms with Gasteiger partial charge in [0.1, 0.15) is 0 Å². The number of nitro groups is 1. The first-order chi connectivity index (χ1) is 10.1. The zero-order chi connectivity index (χ0) is 15.2. The molecule has 0 bridgehead atoms. The van der Waals surface area contributed by atoms with Gasteiger partial charge in [0.15, 0.2) is 0 Å². The van der Waals surface area contributed by atoms with Crippen molar-refractivity contribution < 1.29 is 9.66 Å². The van der Waals surface area contributed by atoms with Crippen LogP contribution in [0, 0.1) is 10.1 Å². The molecule has 21 heavy (non-hydrogen) atoms. The standard InChI is InChI=1S/C14H20BrN3O3/c1-2-17-5-6-21-13(10-17)9-16-8-11-3-4-12(15)7-14(11)18(19)20/h3-4,7,13,16H,2,5-6,8-10H2,1H3. The van der Waals surface area contributed by atoms with Gasteiger partial charge in [-0.1, -0.05) is 22.9 Å². The molecular weight excluding hydrogens is 338 g/mol. The smallest absolute Gasteiger partial charge is 0.275 e. The fourth-order valence-electron chi connectivity index (χ4n) is 2.42. The Hall–Kier alpha value is -1.02. The van der Waals surface area contributed by atoms with Gasteiger partial charge in [0.2, 0.25) is 0 Å². The average molecular weight is 358 g/mol. The van der Waals surface area contributed by atoms with E-state index in [9.17, 15) is 10.1 Å². The highest BCUT2D eigenvalue weighted by molar-refractivity contribution is 9.10. The zero-order valence-electron chi connectivity index (χ0n) is 12.0. The Morgan fingerprint density at radius 1 is 1.57 bits per heavy atom. The molecule has 1 aliphatic rings. The van der Waals surface area contributed by atoms with Gasteiger partial charge in [-0.25, -0.2) is 0 Å². The summed E-state index contributed by atoms with van der Waals surface area (Å²) in [6.45, 7) is 6.97. The highest BCUT2D eigenvalue weighted by Crippen LogP contribution is 2.23. The van der Waals surface area contributed by atoms with Gasteiger partial charge >= 0.3 is 0 Å². The summed E-state index contributed by atoms with van der Waals surface area (Å²) in [4.78, 5) is 13.0. The van der Waals surface area contributed by atoms with Gasteiger partial charge in [-0.15, -0.1) is 0 Å². The lowest BCUT2D eigenvalue weighted by Gasteiger charge is -2.32. The van der Waals surface area contributed by atoms with Crippen molar-refractivity contribution in [2.45, 2.75) is 19.6 Å². The second kappa shape index (κ2) is 7.84. The maximum Gasteiger partial charge on any atom is 0.275 e. The number of rotatable bonds is 6. The van der Waals surface area contributed by atoms with Crippen LogP contribution in [0.25, 0.3) is 0 Å². The molecule has 0 saturated carbocycles. The monoisotopic (exact) mass is 357 g/mol. The molecule has 1 aromatic rings. The lowest BCUT2D eigenvalue weighted by Crippen LogP contribution is -2.46. The summed E-state index contributed by atoms with van der Waals surface area (Å²) in [5, 5.41) is 14.3. The molecule has 7 heteroatoms. The van der Waals surface area contributed by atoms with E-state index < -0.39 is 0 Å². The Balaban J connectivity index is 1.87. The molecule has 2 rings (SSSR count). The van der Waals surface area contributed by atoms with E-state index in [1.807, 2.05) is 6.07 Å². The second-order valence-electron chi connectivity index (χ2n) is 5.05. The number of nitrogens with one attached hydrogen (secondary N) is 1. The largest absolute Gasteiger partial charge is 0.374 e. The number of morpholine rings is 1. The summed E-state index contributed by atoms with van der Waals surface area (Å²) in [5.41, 5.74) is 0.822. The number of nitrogens with zero attached hydrogens (tertiary/aromatic N) is 2. The number of hydrogen-bond acceptors (Lipinski definition) is 5. The third-order valence-electron chi connectivity index (χ3n) is 3.60. The van der Waals surface area contributed by atoms with Crippen LogP contribution < -0.4 is 5.32 Å². The van der Waals surface area contributed by atoms with Crippen LogP contribution in [0.15, 0.2) is 22.7 Å². The minimum absolute atomic E-state index is 0.136. The van der Waals surface area contributed by atoms with E-state index in [-0.39, 0.29) is 16.7 Å². The van der Waals surface area contributed by atoms with Crippen molar-refractivity contribution in [3.05, 3.63) is 38.3 Å². The van der Waals surface area contributed by atoms with E-state index >= 15 is 0 Å². The van der Waals surface area contributed by atoms with Crippen LogP contribution in [-0.4, -0.2) is 48.7 Å². The van der Waals surface area contributed by atoms with Crippen molar-refractivity contribution >= 4 is 21.6 Å². The third-order valence-corrected chi connectivity index (χ3v) is 4.09. The van der Waals surface area contributed by atoms with Crippen LogP contribution in [0.2, 0.25) is 0 Å². The van der Waals surface area contributed by atoms with Crippen molar-refractivity contribution in [1.82, 2.24) is 10.2 Å². The molecule has 0 radical (unpaired) electrons. The van der Waals surface area contributed by atoms with Gasteiger partial charge in [0, 0.05) is 42.3 Å². The SMILES string of the molecule is CCN1CCOC(CNCc2ccc(Br)cc2[N+](=O)[O-])C1. The third kappa shape index (κ3) is 4.74. The van der Waals surface area contributed by atoms with Crippen LogP contribution >= 0.6 is 15.9 Å². The van der Waals surface area contributed by atoms with E-state index in [1.54, 1.807) is 6.07 Å². The molecule has 1 atom stereocenters. The highest BCUT2D eigenvalue weighted by atomic mass is 79.9. The number of halogens is 1. The van der Waals surface area contributed by atoms with Crippen LogP contribution in [0.1, 0.15) is 12.5 Å². The van der Waals surface area contributed by atoms with Gasteiger partial charge in [-0.2, -0.15) is 0 Å². The maximum absolute atomic E-state index is 11.0. The second-order valence-corrected chi connectivity index (χ2v) is 5.96. The molecule has 1 fully saturated rings. The van der Waals surface area contributed by atoms with Crippen LogP contribution in [0.3, 0.4) is 0 Å². The molecule has 1 saturated heterocycles. The molecule has 1 aromatic carbocycles. The maximum atomic E-state index is 11.0. The molecule has 0 amide bonds. The molecule has 1 N–H and O–H groups in total. The zero-order valence-corrected chi connectivity index (χ0v) is 13.6. The molecule has 6 nitrogen and oxygen atoms in total. The van der Waals surface area contributed by atoms with Gasteiger partial charge in [0.05, 0.1) is 17.6 Å². The van der Waals surface area contributed by atoms with Crippen LogP contribution in [-0.2, 0) is 11.3 Å². The fourth-order valence-corrected chi connectivity index (χ4v) is 2.76. The lowest BCUT2D eigenvalue weighted by atomic mass is 10.1. The van der Waals surface area contributed by atoms with Crippen molar-refractivity contribution in [2.24, 2.45) is 0 Å². The van der Waals surface area contributed by atoms with Gasteiger partial charge in [-0.3, -0.25) is 15.0 Å². The van der Waals surface area contributed by atoms with Gasteiger partial charge in [-0.05, 0) is 18.7 Å². The normalized spacial score (nSPS) is 19.6. The molecule has 1 heterocycles. The molecule has 1 unspecified atom stereocenters. The lowest BCUT2D eigenvalue weighted by molar-refractivity contribution is -0.385. The summed E-state index contributed by atoms with van der Waals surface area (Å²) in [7, 11) is 0. The first-order valence-electron chi connectivity index (χ1n) is 7.07. The van der Waals surface area contributed by atoms with Gasteiger partial charge in [0.25, 0.3) is 5.69 Å². The molecular formula is C14H20BrN3O3.